The largest absolute Gasteiger partial charge is 0.354 e. The van der Waals surface area contributed by atoms with Gasteiger partial charge < -0.3 is 10.2 Å². The fourth-order valence-corrected chi connectivity index (χ4v) is 5.73. The van der Waals surface area contributed by atoms with Crippen molar-refractivity contribution in [3.8, 4) is 0 Å². The van der Waals surface area contributed by atoms with Crippen LogP contribution in [0.2, 0.25) is 0 Å². The molecule has 0 fully saturated rings. The van der Waals surface area contributed by atoms with Crippen molar-refractivity contribution in [2.45, 2.75) is 44.2 Å². The molecule has 3 aromatic carbocycles. The van der Waals surface area contributed by atoms with Crippen LogP contribution < -0.4 is 9.62 Å². The van der Waals surface area contributed by atoms with Crippen molar-refractivity contribution in [3.63, 3.8) is 0 Å². The normalized spacial score (nSPS) is 12.0. The predicted octanol–water partition coefficient (Wildman–Crippen LogP) is 5.12. The second-order valence-corrected chi connectivity index (χ2v) is 11.5. The third-order valence-electron chi connectivity index (χ3n) is 5.97. The van der Waals surface area contributed by atoms with Gasteiger partial charge in [-0.15, -0.1) is 0 Å². The number of halogens is 2. The van der Waals surface area contributed by atoms with Crippen LogP contribution in [-0.2, 0) is 26.2 Å². The molecule has 10 heteroatoms. The van der Waals surface area contributed by atoms with Gasteiger partial charge in [-0.05, 0) is 55.3 Å². The summed E-state index contributed by atoms with van der Waals surface area (Å²) in [5, 5.41) is 2.83. The molecule has 2 amide bonds. The summed E-state index contributed by atoms with van der Waals surface area (Å²) in [6.45, 7) is 3.41. The molecule has 3 aromatic rings. The maximum absolute atomic E-state index is 14.9. The zero-order chi connectivity index (χ0) is 27.7. The Morgan fingerprint density at radius 2 is 1.68 bits per heavy atom. The summed E-state index contributed by atoms with van der Waals surface area (Å²) in [4.78, 5) is 28.0. The van der Waals surface area contributed by atoms with Gasteiger partial charge >= 0.3 is 0 Å². The number of nitrogens with zero attached hydrogens (tertiary/aromatic N) is 2. The lowest BCUT2D eigenvalue weighted by molar-refractivity contribution is -0.139. The number of carbonyl (C=O) groups is 2. The quantitative estimate of drug-likeness (QED) is 0.291. The SMILES string of the molecule is CCCCNC(=O)C(C)N(Cc1cccc(Br)c1)C(=O)CN(c1ccccc1F)S(=O)(=O)c1ccccc1. The van der Waals surface area contributed by atoms with E-state index >= 15 is 0 Å². The number of hydrogen-bond acceptors (Lipinski definition) is 4. The van der Waals surface area contributed by atoms with Crippen LogP contribution >= 0.6 is 15.9 Å². The molecule has 3 rings (SSSR count). The molecule has 202 valence electrons. The average molecular weight is 605 g/mol. The van der Waals surface area contributed by atoms with Gasteiger partial charge in [0.15, 0.2) is 0 Å². The van der Waals surface area contributed by atoms with Gasteiger partial charge in [0.1, 0.15) is 18.4 Å². The van der Waals surface area contributed by atoms with E-state index in [2.05, 4.69) is 21.2 Å². The Hall–Kier alpha value is -3.24. The van der Waals surface area contributed by atoms with Crippen molar-refractivity contribution >= 4 is 43.5 Å². The first kappa shape index (κ1) is 29.3. The monoisotopic (exact) mass is 603 g/mol. The Labute approximate surface area is 231 Å². The third kappa shape index (κ3) is 7.41. The lowest BCUT2D eigenvalue weighted by atomic mass is 10.1. The molecule has 0 spiro atoms. The summed E-state index contributed by atoms with van der Waals surface area (Å²) < 4.78 is 43.7. The van der Waals surface area contributed by atoms with Crippen LogP contribution in [0.15, 0.2) is 88.2 Å². The topological polar surface area (TPSA) is 86.8 Å². The van der Waals surface area contributed by atoms with Gasteiger partial charge in [0, 0.05) is 17.6 Å². The molecule has 0 aliphatic carbocycles. The van der Waals surface area contributed by atoms with Gasteiger partial charge in [-0.3, -0.25) is 13.9 Å². The summed E-state index contributed by atoms with van der Waals surface area (Å²) in [6.07, 6.45) is 1.68. The summed E-state index contributed by atoms with van der Waals surface area (Å²) in [7, 11) is -4.31. The number of rotatable bonds is 12. The first-order valence-corrected chi connectivity index (χ1v) is 14.5. The van der Waals surface area contributed by atoms with Crippen molar-refractivity contribution in [3.05, 3.63) is 94.7 Å². The number of anilines is 1. The summed E-state index contributed by atoms with van der Waals surface area (Å²) in [6, 6.07) is 19.3. The minimum atomic E-state index is -4.31. The van der Waals surface area contributed by atoms with Gasteiger partial charge in [-0.25, -0.2) is 12.8 Å². The molecular formula is C28H31BrFN3O4S. The van der Waals surface area contributed by atoms with Crippen LogP contribution in [0.1, 0.15) is 32.3 Å². The first-order chi connectivity index (χ1) is 18.1. The Morgan fingerprint density at radius 3 is 2.34 bits per heavy atom. The molecule has 0 aliphatic rings. The highest BCUT2D eigenvalue weighted by Crippen LogP contribution is 2.27. The third-order valence-corrected chi connectivity index (χ3v) is 8.24. The van der Waals surface area contributed by atoms with E-state index in [0.29, 0.717) is 6.54 Å². The Kier molecular flexibility index (Phi) is 10.4. The van der Waals surface area contributed by atoms with Crippen molar-refractivity contribution in [1.82, 2.24) is 10.2 Å². The molecule has 0 bridgehead atoms. The smallest absolute Gasteiger partial charge is 0.264 e. The summed E-state index contributed by atoms with van der Waals surface area (Å²) >= 11 is 3.42. The fourth-order valence-electron chi connectivity index (χ4n) is 3.84. The zero-order valence-electron chi connectivity index (χ0n) is 21.3. The van der Waals surface area contributed by atoms with Gasteiger partial charge in [-0.1, -0.05) is 71.7 Å². The molecule has 1 atom stereocenters. The number of carbonyl (C=O) groups excluding carboxylic acids is 2. The van der Waals surface area contributed by atoms with Gasteiger partial charge in [0.05, 0.1) is 10.6 Å². The lowest BCUT2D eigenvalue weighted by Gasteiger charge is -2.32. The van der Waals surface area contributed by atoms with E-state index in [0.717, 1.165) is 33.2 Å². The lowest BCUT2D eigenvalue weighted by Crippen LogP contribution is -2.51. The number of benzene rings is 3. The molecule has 7 nitrogen and oxygen atoms in total. The van der Waals surface area contributed by atoms with E-state index in [1.165, 1.54) is 35.2 Å². The molecule has 1 unspecified atom stereocenters. The summed E-state index contributed by atoms with van der Waals surface area (Å²) in [5.74, 6) is -1.79. The zero-order valence-corrected chi connectivity index (χ0v) is 23.7. The van der Waals surface area contributed by atoms with Crippen molar-refractivity contribution in [1.29, 1.82) is 0 Å². The summed E-state index contributed by atoms with van der Waals surface area (Å²) in [5.41, 5.74) is 0.483. The second kappa shape index (κ2) is 13.5. The van der Waals surface area contributed by atoms with Gasteiger partial charge in [0.2, 0.25) is 11.8 Å². The maximum atomic E-state index is 14.9. The highest BCUT2D eigenvalue weighted by Gasteiger charge is 2.33. The average Bonchev–Trinajstić information content (AvgIpc) is 2.91. The molecule has 1 N–H and O–H groups in total. The first-order valence-electron chi connectivity index (χ1n) is 12.3. The molecular weight excluding hydrogens is 573 g/mol. The van der Waals surface area contributed by atoms with E-state index in [1.54, 1.807) is 31.2 Å². The van der Waals surface area contributed by atoms with Crippen molar-refractivity contribution < 1.29 is 22.4 Å². The maximum Gasteiger partial charge on any atom is 0.264 e. The molecule has 38 heavy (non-hydrogen) atoms. The number of para-hydroxylation sites is 1. The van der Waals surface area contributed by atoms with E-state index in [9.17, 15) is 22.4 Å². The molecule has 0 heterocycles. The highest BCUT2D eigenvalue weighted by atomic mass is 79.9. The molecule has 0 radical (unpaired) electrons. The van der Waals surface area contributed by atoms with E-state index < -0.39 is 34.3 Å². The van der Waals surface area contributed by atoms with Crippen molar-refractivity contribution in [2.75, 3.05) is 17.4 Å². The number of amides is 2. The second-order valence-electron chi connectivity index (χ2n) is 8.75. The van der Waals surface area contributed by atoms with Crippen LogP contribution in [0.25, 0.3) is 0 Å². The minimum Gasteiger partial charge on any atom is -0.354 e. The van der Waals surface area contributed by atoms with E-state index in [1.807, 2.05) is 25.1 Å². The van der Waals surface area contributed by atoms with E-state index in [-0.39, 0.29) is 23.0 Å². The standard InChI is InChI=1S/C28H31BrFN3O4S/c1-3-4-17-31-28(35)21(2)32(19-22-11-10-12-23(29)18-22)27(34)20-33(26-16-9-8-15-25(26)30)38(36,37)24-13-6-5-7-14-24/h5-16,18,21H,3-4,17,19-20H2,1-2H3,(H,31,35). The Balaban J connectivity index is 2.00. The van der Waals surface area contributed by atoms with Crippen molar-refractivity contribution in [2.24, 2.45) is 0 Å². The van der Waals surface area contributed by atoms with Gasteiger partial charge in [-0.2, -0.15) is 0 Å². The number of sulfonamides is 1. The molecule has 0 saturated heterocycles. The number of unbranched alkanes of at least 4 members (excludes halogenated alkanes) is 1. The van der Waals surface area contributed by atoms with Crippen LogP contribution in [-0.4, -0.2) is 44.3 Å². The van der Waals surface area contributed by atoms with E-state index in [4.69, 9.17) is 0 Å². The van der Waals surface area contributed by atoms with Crippen LogP contribution in [0.3, 0.4) is 0 Å². The minimum absolute atomic E-state index is 0.0527. The van der Waals surface area contributed by atoms with Crippen LogP contribution in [0.5, 0.6) is 0 Å². The van der Waals surface area contributed by atoms with Crippen LogP contribution in [0, 0.1) is 5.82 Å². The fraction of sp³-hybridized carbons (Fsp3) is 0.286. The number of hydrogen-bond donors (Lipinski definition) is 1. The predicted molar refractivity (Wildman–Crippen MR) is 149 cm³/mol. The highest BCUT2D eigenvalue weighted by molar-refractivity contribution is 9.10. The Bertz CT molecular complexity index is 1350. The molecule has 0 aromatic heterocycles. The molecule has 0 aliphatic heterocycles. The van der Waals surface area contributed by atoms with Gasteiger partial charge in [0.25, 0.3) is 10.0 Å². The number of nitrogens with one attached hydrogen (secondary N) is 1. The Morgan fingerprint density at radius 1 is 1.00 bits per heavy atom. The van der Waals surface area contributed by atoms with Crippen LogP contribution in [0.4, 0.5) is 10.1 Å². The molecule has 0 saturated carbocycles.